The average molecular weight is 230 g/mol. The molecule has 2 rings (SSSR count). The highest BCUT2D eigenvalue weighted by Crippen LogP contribution is 2.11. The predicted molar refractivity (Wildman–Crippen MR) is 69.7 cm³/mol. The van der Waals surface area contributed by atoms with Gasteiger partial charge in [-0.1, -0.05) is 24.3 Å². The second-order valence-corrected chi connectivity index (χ2v) is 4.31. The predicted octanol–water partition coefficient (Wildman–Crippen LogP) is 2.10. The molecule has 0 spiro atoms. The standard InChI is InChI=1S/C14H18N2O/c1-11(17)8-9-15-10-13-7-6-12-4-2-3-5-14(12)16-13/h2-7,11,15,17H,8-10H2,1H3. The number of para-hydroxylation sites is 1. The van der Waals surface area contributed by atoms with Gasteiger partial charge in [-0.3, -0.25) is 4.98 Å². The van der Waals surface area contributed by atoms with E-state index >= 15 is 0 Å². The van der Waals surface area contributed by atoms with E-state index in [-0.39, 0.29) is 6.10 Å². The smallest absolute Gasteiger partial charge is 0.0705 e. The number of aliphatic hydroxyl groups excluding tert-OH is 1. The third kappa shape index (κ3) is 3.51. The Morgan fingerprint density at radius 3 is 2.88 bits per heavy atom. The fraction of sp³-hybridized carbons (Fsp3) is 0.357. The van der Waals surface area contributed by atoms with Crippen LogP contribution in [-0.4, -0.2) is 22.7 Å². The molecule has 0 fully saturated rings. The lowest BCUT2D eigenvalue weighted by molar-refractivity contribution is 0.183. The summed E-state index contributed by atoms with van der Waals surface area (Å²) in [6.45, 7) is 3.36. The van der Waals surface area contributed by atoms with E-state index in [1.165, 1.54) is 5.39 Å². The van der Waals surface area contributed by atoms with Crippen molar-refractivity contribution in [1.29, 1.82) is 0 Å². The number of aliphatic hydroxyl groups is 1. The van der Waals surface area contributed by atoms with Crippen LogP contribution in [-0.2, 0) is 6.54 Å². The number of hydrogen-bond acceptors (Lipinski definition) is 3. The largest absolute Gasteiger partial charge is 0.393 e. The fourth-order valence-electron chi connectivity index (χ4n) is 1.73. The highest BCUT2D eigenvalue weighted by molar-refractivity contribution is 5.78. The van der Waals surface area contributed by atoms with E-state index in [0.29, 0.717) is 0 Å². The monoisotopic (exact) mass is 230 g/mol. The van der Waals surface area contributed by atoms with Crippen molar-refractivity contribution in [2.24, 2.45) is 0 Å². The molecule has 0 amide bonds. The Balaban J connectivity index is 1.95. The first-order valence-corrected chi connectivity index (χ1v) is 5.99. The van der Waals surface area contributed by atoms with Crippen LogP contribution in [0.3, 0.4) is 0 Å². The van der Waals surface area contributed by atoms with Gasteiger partial charge >= 0.3 is 0 Å². The molecule has 3 heteroatoms. The van der Waals surface area contributed by atoms with Crippen LogP contribution < -0.4 is 5.32 Å². The van der Waals surface area contributed by atoms with E-state index in [9.17, 15) is 0 Å². The van der Waals surface area contributed by atoms with E-state index in [4.69, 9.17) is 5.11 Å². The maximum Gasteiger partial charge on any atom is 0.0705 e. The Labute approximate surface area is 102 Å². The van der Waals surface area contributed by atoms with Gasteiger partial charge < -0.3 is 10.4 Å². The van der Waals surface area contributed by atoms with Crippen molar-refractivity contribution in [2.75, 3.05) is 6.54 Å². The van der Waals surface area contributed by atoms with Crippen molar-refractivity contribution in [3.8, 4) is 0 Å². The Hall–Kier alpha value is -1.45. The van der Waals surface area contributed by atoms with Gasteiger partial charge in [-0.2, -0.15) is 0 Å². The molecule has 0 bridgehead atoms. The number of hydrogen-bond donors (Lipinski definition) is 2. The Morgan fingerprint density at radius 2 is 2.06 bits per heavy atom. The van der Waals surface area contributed by atoms with Crippen molar-refractivity contribution >= 4 is 10.9 Å². The van der Waals surface area contributed by atoms with Crippen molar-refractivity contribution < 1.29 is 5.11 Å². The number of nitrogens with zero attached hydrogens (tertiary/aromatic N) is 1. The molecule has 0 saturated carbocycles. The number of nitrogens with one attached hydrogen (secondary N) is 1. The molecular formula is C14H18N2O. The molecule has 1 atom stereocenters. The molecule has 90 valence electrons. The zero-order chi connectivity index (χ0) is 12.1. The molecule has 0 aliphatic heterocycles. The van der Waals surface area contributed by atoms with Crippen molar-refractivity contribution in [3.63, 3.8) is 0 Å². The summed E-state index contributed by atoms with van der Waals surface area (Å²) >= 11 is 0. The van der Waals surface area contributed by atoms with Gasteiger partial charge in [0, 0.05) is 11.9 Å². The first kappa shape index (κ1) is 12.0. The van der Waals surface area contributed by atoms with E-state index < -0.39 is 0 Å². The van der Waals surface area contributed by atoms with E-state index in [2.05, 4.69) is 22.4 Å². The number of pyridine rings is 1. The van der Waals surface area contributed by atoms with Gasteiger partial charge in [0.1, 0.15) is 0 Å². The van der Waals surface area contributed by atoms with Crippen LogP contribution in [0.25, 0.3) is 10.9 Å². The van der Waals surface area contributed by atoms with Crippen LogP contribution in [0.15, 0.2) is 36.4 Å². The van der Waals surface area contributed by atoms with Crippen LogP contribution in [0.5, 0.6) is 0 Å². The minimum Gasteiger partial charge on any atom is -0.393 e. The molecule has 0 aliphatic carbocycles. The van der Waals surface area contributed by atoms with Crippen LogP contribution in [0.4, 0.5) is 0 Å². The SMILES string of the molecule is CC(O)CCNCc1ccc2ccccc2n1. The molecule has 0 saturated heterocycles. The van der Waals surface area contributed by atoms with Gasteiger partial charge in [-0.05, 0) is 32.0 Å². The van der Waals surface area contributed by atoms with Crippen LogP contribution in [0.1, 0.15) is 19.0 Å². The molecule has 1 unspecified atom stereocenters. The summed E-state index contributed by atoms with van der Waals surface area (Å²) in [7, 11) is 0. The number of benzene rings is 1. The van der Waals surface area contributed by atoms with Crippen LogP contribution in [0, 0.1) is 0 Å². The Bertz CT molecular complexity index is 482. The first-order valence-electron chi connectivity index (χ1n) is 5.99. The topological polar surface area (TPSA) is 45.1 Å². The van der Waals surface area contributed by atoms with Gasteiger partial charge in [0.2, 0.25) is 0 Å². The van der Waals surface area contributed by atoms with Gasteiger partial charge in [-0.15, -0.1) is 0 Å². The molecule has 0 radical (unpaired) electrons. The summed E-state index contributed by atoms with van der Waals surface area (Å²) in [4.78, 5) is 4.57. The average Bonchev–Trinajstić information content (AvgIpc) is 2.34. The molecule has 2 aromatic rings. The summed E-state index contributed by atoms with van der Waals surface area (Å²) < 4.78 is 0. The Morgan fingerprint density at radius 1 is 1.24 bits per heavy atom. The lowest BCUT2D eigenvalue weighted by Crippen LogP contribution is -2.19. The van der Waals surface area contributed by atoms with Gasteiger partial charge in [0.25, 0.3) is 0 Å². The molecule has 17 heavy (non-hydrogen) atoms. The second kappa shape index (κ2) is 5.75. The van der Waals surface area contributed by atoms with E-state index in [0.717, 1.165) is 30.7 Å². The molecule has 1 heterocycles. The maximum atomic E-state index is 9.14. The number of fused-ring (bicyclic) bond motifs is 1. The maximum absolute atomic E-state index is 9.14. The van der Waals surface area contributed by atoms with Gasteiger partial charge in [0.15, 0.2) is 0 Å². The third-order valence-electron chi connectivity index (χ3n) is 2.70. The quantitative estimate of drug-likeness (QED) is 0.773. The van der Waals surface area contributed by atoms with Crippen molar-refractivity contribution in [2.45, 2.75) is 26.0 Å². The molecule has 1 aromatic carbocycles. The zero-order valence-corrected chi connectivity index (χ0v) is 10.1. The highest BCUT2D eigenvalue weighted by atomic mass is 16.3. The summed E-state index contributed by atoms with van der Waals surface area (Å²) in [5.74, 6) is 0. The minimum atomic E-state index is -0.243. The fourth-order valence-corrected chi connectivity index (χ4v) is 1.73. The first-order chi connectivity index (χ1) is 8.25. The molecule has 2 N–H and O–H groups in total. The molecule has 1 aromatic heterocycles. The van der Waals surface area contributed by atoms with Crippen molar-refractivity contribution in [1.82, 2.24) is 10.3 Å². The van der Waals surface area contributed by atoms with Gasteiger partial charge in [0.05, 0.1) is 17.3 Å². The normalized spacial score (nSPS) is 12.8. The summed E-state index contributed by atoms with van der Waals surface area (Å²) in [5.41, 5.74) is 2.07. The zero-order valence-electron chi connectivity index (χ0n) is 10.1. The van der Waals surface area contributed by atoms with Crippen molar-refractivity contribution in [3.05, 3.63) is 42.1 Å². The highest BCUT2D eigenvalue weighted by Gasteiger charge is 1.98. The lowest BCUT2D eigenvalue weighted by Gasteiger charge is -2.06. The molecular weight excluding hydrogens is 212 g/mol. The second-order valence-electron chi connectivity index (χ2n) is 4.31. The summed E-state index contributed by atoms with van der Waals surface area (Å²) in [6, 6.07) is 12.2. The summed E-state index contributed by atoms with van der Waals surface area (Å²) in [5, 5.41) is 13.6. The Kier molecular flexibility index (Phi) is 4.07. The van der Waals surface area contributed by atoms with E-state index in [1.807, 2.05) is 24.3 Å². The third-order valence-corrected chi connectivity index (χ3v) is 2.70. The van der Waals surface area contributed by atoms with Crippen LogP contribution >= 0.6 is 0 Å². The molecule has 0 aliphatic rings. The molecule has 3 nitrogen and oxygen atoms in total. The lowest BCUT2D eigenvalue weighted by atomic mass is 10.2. The summed E-state index contributed by atoms with van der Waals surface area (Å²) in [6.07, 6.45) is 0.528. The van der Waals surface area contributed by atoms with Crippen LogP contribution in [0.2, 0.25) is 0 Å². The minimum absolute atomic E-state index is 0.243. The van der Waals surface area contributed by atoms with Gasteiger partial charge in [-0.25, -0.2) is 0 Å². The van der Waals surface area contributed by atoms with E-state index in [1.54, 1.807) is 6.92 Å². The number of rotatable bonds is 5. The number of aromatic nitrogens is 1.